The fourth-order valence-electron chi connectivity index (χ4n) is 4.17. The molecular formula is C43H54Cl3N4O16Zn3+. The minimum Gasteiger partial charge on any atom is -0.872 e. The number of aliphatic carboxylic acids is 2. The van der Waals surface area contributed by atoms with Crippen molar-refractivity contribution in [2.24, 2.45) is 20.6 Å². The first-order valence-electron chi connectivity index (χ1n) is 18.9. The smallest absolute Gasteiger partial charge is 0.872 e. The average molecular weight is 1190 g/mol. The Morgan fingerprint density at radius 3 is 1.06 bits per heavy atom. The number of hydrogen-bond acceptors (Lipinski definition) is 19. The summed E-state index contributed by atoms with van der Waals surface area (Å²) in [7, 11) is 2.82. The van der Waals surface area contributed by atoms with Crippen molar-refractivity contribution in [2.75, 3.05) is 53.9 Å². The van der Waals surface area contributed by atoms with Gasteiger partial charge in [-0.15, -0.1) is 24.7 Å². The topological polar surface area (TPSA) is 320 Å². The predicted molar refractivity (Wildman–Crippen MR) is 242 cm³/mol. The summed E-state index contributed by atoms with van der Waals surface area (Å²) in [5.41, 5.74) is 2.27. The molecule has 0 saturated heterocycles. The van der Waals surface area contributed by atoms with Gasteiger partial charge in [0.25, 0.3) is 0 Å². The second-order valence-corrected chi connectivity index (χ2v) is 13.6. The van der Waals surface area contributed by atoms with Gasteiger partial charge in [-0.2, -0.15) is 0 Å². The number of allylic oxidation sites excluding steroid dienone is 2. The Kier molecular flexibility index (Phi) is 53.3. The number of ether oxygens (including phenoxy) is 3. The van der Waals surface area contributed by atoms with Gasteiger partial charge in [0, 0.05) is 25.2 Å². The minimum atomic E-state index is -1.08. The van der Waals surface area contributed by atoms with Crippen LogP contribution in [-0.4, -0.2) is 95.0 Å². The first-order chi connectivity index (χ1) is 30.9. The number of carboxylic acids is 2. The molecule has 0 aromatic heterocycles. The Morgan fingerprint density at radius 2 is 0.841 bits per heavy atom. The Bertz CT molecular complexity index is 1860. The molecule has 0 bridgehead atoms. The van der Waals surface area contributed by atoms with Crippen molar-refractivity contribution >= 4 is 71.6 Å². The molecule has 0 heterocycles. The maximum absolute atomic E-state index is 12.4. The quantitative estimate of drug-likeness (QED) is 0.0264. The number of nitrogens with zero attached hydrogens (tertiary/aromatic N) is 4. The van der Waals surface area contributed by atoms with Crippen molar-refractivity contribution in [3.05, 3.63) is 95.1 Å². The monoisotopic (exact) mass is 1180 g/mol. The van der Waals surface area contributed by atoms with Gasteiger partial charge in [-0.1, -0.05) is 103 Å². The van der Waals surface area contributed by atoms with Crippen LogP contribution in [0.15, 0.2) is 82.3 Å². The molecule has 368 valence electrons. The number of alkyl halides is 3. The SMILES string of the molecule is C=CCc1cc(/C=N/OCCO/N=C/c2ccc(/C=N/OCCO/N=C/c3cc(CC=C)cc(OC)c3[O-])c([O-])c2[O-])c([O-])c(OC)c1.CC(=O)[O-].CC(=O)[O-].CCOCC.ClC(Cl)Cl.[OH3+].[Zn+2].[Zn+2].[Zn+2]. The number of carboxylic acid groups (broad SMARTS) is 2. The van der Waals surface area contributed by atoms with Crippen LogP contribution in [0.4, 0.5) is 0 Å². The van der Waals surface area contributed by atoms with Gasteiger partial charge in [0.15, 0.2) is 30.7 Å². The second kappa shape index (κ2) is 48.4. The molecule has 20 nitrogen and oxygen atoms in total. The molecule has 0 atom stereocenters. The molecular weight excluding hydrogens is 1130 g/mol. The van der Waals surface area contributed by atoms with E-state index in [-0.39, 0.29) is 124 Å². The Labute approximate surface area is 455 Å². The van der Waals surface area contributed by atoms with Gasteiger partial charge in [-0.05, 0) is 86.1 Å². The molecule has 26 heteroatoms. The first-order valence-corrected chi connectivity index (χ1v) is 20.2. The summed E-state index contributed by atoms with van der Waals surface area (Å²) in [6, 6.07) is 9.38. The van der Waals surface area contributed by atoms with Gasteiger partial charge in [0.2, 0.25) is 0 Å². The van der Waals surface area contributed by atoms with Gasteiger partial charge in [-0.25, -0.2) is 0 Å². The number of hydrogen-bond donors (Lipinski definition) is 0. The fourth-order valence-corrected chi connectivity index (χ4v) is 4.17. The van der Waals surface area contributed by atoms with E-state index in [1.807, 2.05) is 13.8 Å². The minimum absolute atomic E-state index is 0. The molecule has 0 aliphatic carbocycles. The summed E-state index contributed by atoms with van der Waals surface area (Å²) in [6.07, 6.45) is 9.27. The molecule has 3 aromatic rings. The van der Waals surface area contributed by atoms with Crippen molar-refractivity contribution in [1.29, 1.82) is 0 Å². The normalized spacial score (nSPS) is 9.77. The van der Waals surface area contributed by atoms with E-state index < -0.39 is 27.7 Å². The van der Waals surface area contributed by atoms with E-state index in [2.05, 4.69) is 33.8 Å². The average Bonchev–Trinajstić information content (AvgIpc) is 3.24. The summed E-state index contributed by atoms with van der Waals surface area (Å²) in [5.74, 6) is -4.05. The van der Waals surface area contributed by atoms with Crippen LogP contribution in [0.25, 0.3) is 0 Å². The molecule has 3 aromatic carbocycles. The largest absolute Gasteiger partial charge is 2.00 e. The zero-order valence-corrected chi connectivity index (χ0v) is 50.5. The Morgan fingerprint density at radius 1 is 0.580 bits per heavy atom. The number of carbonyl (C=O) groups excluding carboxylic acids is 2. The first kappa shape index (κ1) is 75.9. The van der Waals surface area contributed by atoms with Crippen LogP contribution in [0, 0.1) is 0 Å². The van der Waals surface area contributed by atoms with Crippen LogP contribution in [0.1, 0.15) is 61.1 Å². The number of oxime groups is 4. The van der Waals surface area contributed by atoms with Crippen LogP contribution in [0.2, 0.25) is 0 Å². The zero-order valence-electron chi connectivity index (χ0n) is 39.3. The van der Waals surface area contributed by atoms with Crippen molar-refractivity contribution in [2.45, 2.75) is 44.8 Å². The molecule has 3 rings (SSSR count). The van der Waals surface area contributed by atoms with Crippen molar-refractivity contribution < 1.29 is 138 Å². The Hall–Kier alpha value is -4.58. The van der Waals surface area contributed by atoms with E-state index in [4.69, 9.17) is 88.2 Å². The molecule has 0 aliphatic rings. The van der Waals surface area contributed by atoms with Crippen LogP contribution in [-0.2, 0) is 110 Å². The van der Waals surface area contributed by atoms with Gasteiger partial charge >= 0.3 is 58.4 Å². The molecule has 0 fully saturated rings. The van der Waals surface area contributed by atoms with Crippen LogP contribution >= 0.6 is 34.8 Å². The third-order valence-electron chi connectivity index (χ3n) is 6.67. The summed E-state index contributed by atoms with van der Waals surface area (Å²) >= 11 is 14.4. The van der Waals surface area contributed by atoms with E-state index in [1.165, 1.54) is 38.8 Å². The predicted octanol–water partition coefficient (Wildman–Crippen LogP) is 1.87. The Balaban J connectivity index is -0.000000407. The molecule has 0 spiro atoms. The van der Waals surface area contributed by atoms with Gasteiger partial charge in [0.05, 0.1) is 39.1 Å². The molecule has 0 aliphatic heterocycles. The summed E-state index contributed by atoms with van der Waals surface area (Å²) in [4.78, 5) is 38.1. The number of rotatable bonds is 22. The van der Waals surface area contributed by atoms with E-state index >= 15 is 0 Å². The van der Waals surface area contributed by atoms with E-state index in [0.29, 0.717) is 24.0 Å². The second-order valence-electron chi connectivity index (χ2n) is 11.6. The third kappa shape index (κ3) is 38.9. The molecule has 0 radical (unpaired) electrons. The maximum Gasteiger partial charge on any atom is 2.00 e. The van der Waals surface area contributed by atoms with E-state index in [1.54, 1.807) is 36.4 Å². The number of benzene rings is 3. The van der Waals surface area contributed by atoms with Crippen molar-refractivity contribution in [1.82, 2.24) is 0 Å². The standard InChI is InChI=1S/C34H38N4O10.C4H10O.2C2H4O2.CHCl3.H2O.3Zn/c1-5-7-23-15-27(31(39)29(17-23)43-3)21-37-47-13-11-45-35-19-25-9-10-26(34(42)33(25)41)20-36-46-12-14-48-38-22-28-16-24(8-6-2)18-30(44-4)32(28)40;1-3-5-4-2;2*1-2(3)4;2-1(3)4;;;;/h5-6,9-10,15-22,39-42H,1-2,7-8,11-14H2,3-4H3;3-4H2,1-2H3;2*1H3,(H,3,4);1H;1H2;;;/q;;;;;;3*+2/p-5/b35-19+,36-20+,37-21+,38-22+;;;;;;;;. The van der Waals surface area contributed by atoms with Gasteiger partial charge in [0.1, 0.15) is 11.5 Å². The van der Waals surface area contributed by atoms with Crippen LogP contribution < -0.4 is 40.1 Å². The molecule has 0 amide bonds. The van der Waals surface area contributed by atoms with E-state index in [9.17, 15) is 20.4 Å². The molecule has 69 heavy (non-hydrogen) atoms. The van der Waals surface area contributed by atoms with Crippen molar-refractivity contribution in [3.8, 4) is 34.5 Å². The maximum atomic E-state index is 12.4. The van der Waals surface area contributed by atoms with E-state index in [0.717, 1.165) is 50.6 Å². The summed E-state index contributed by atoms with van der Waals surface area (Å²) in [5, 5.41) is 82.1. The summed E-state index contributed by atoms with van der Waals surface area (Å²) in [6.45, 7) is 14.9. The van der Waals surface area contributed by atoms with Crippen molar-refractivity contribution in [3.63, 3.8) is 0 Å². The summed E-state index contributed by atoms with van der Waals surface area (Å²) < 4.78 is 14.3. The number of carbonyl (C=O) groups is 2. The molecule has 0 saturated carbocycles. The fraction of sp³-hybridized carbons (Fsp3) is 0.349. The number of halogens is 3. The van der Waals surface area contributed by atoms with Gasteiger partial charge < -0.3 is 79.3 Å². The van der Waals surface area contributed by atoms with Crippen LogP contribution in [0.5, 0.6) is 34.5 Å². The molecule has 3 N–H and O–H groups in total. The van der Waals surface area contributed by atoms with Gasteiger partial charge in [-0.3, -0.25) is 0 Å². The number of methoxy groups -OCH3 is 2. The third-order valence-corrected chi connectivity index (χ3v) is 6.67. The molecule has 0 unspecified atom stereocenters. The van der Waals surface area contributed by atoms with Crippen LogP contribution in [0.3, 0.4) is 0 Å². The zero-order chi connectivity index (χ0) is 49.6.